The number of alkyl halides is 6. The molecule has 0 aliphatic heterocycles. The van der Waals surface area contributed by atoms with E-state index in [1.807, 2.05) is 0 Å². The lowest BCUT2D eigenvalue weighted by Crippen LogP contribution is -2.53. The molecule has 0 saturated heterocycles. The van der Waals surface area contributed by atoms with E-state index in [1.165, 1.54) is 0 Å². The highest BCUT2D eigenvalue weighted by atomic mass is 79.9. The van der Waals surface area contributed by atoms with Crippen LogP contribution in [0.25, 0.3) is 0 Å². The second-order valence-corrected chi connectivity index (χ2v) is 13.0. The van der Waals surface area contributed by atoms with Crippen LogP contribution in [0.1, 0.15) is 13.8 Å². The van der Waals surface area contributed by atoms with Crippen molar-refractivity contribution in [2.24, 2.45) is 0 Å². The van der Waals surface area contributed by atoms with Gasteiger partial charge in [-0.3, -0.25) is 0 Å². The molecule has 2 unspecified atom stereocenters. The lowest BCUT2D eigenvalue weighted by atomic mass is 10.3. The van der Waals surface area contributed by atoms with Gasteiger partial charge in [0.05, 0.1) is 21.1 Å². The van der Waals surface area contributed by atoms with Crippen molar-refractivity contribution in [3.05, 3.63) is 0 Å². The summed E-state index contributed by atoms with van der Waals surface area (Å²) >= 11 is 29.7. The van der Waals surface area contributed by atoms with Gasteiger partial charge in [-0.25, -0.2) is 4.21 Å². The van der Waals surface area contributed by atoms with Gasteiger partial charge in [-0.05, 0) is 13.8 Å². The van der Waals surface area contributed by atoms with E-state index in [4.69, 9.17) is 46.4 Å². The third-order valence-electron chi connectivity index (χ3n) is 2.13. The first-order valence-electron chi connectivity index (χ1n) is 4.74. The SMILES string of the molecule is CC(Br)C(Cl)(Cl)CS(=O)(O)(O)CC(Cl)(Cl)C(C)Br. The van der Waals surface area contributed by atoms with E-state index in [1.54, 1.807) is 13.8 Å². The van der Waals surface area contributed by atoms with Crippen molar-refractivity contribution in [2.75, 3.05) is 11.5 Å². The molecule has 0 radical (unpaired) electrons. The third kappa shape index (κ3) is 6.76. The lowest BCUT2D eigenvalue weighted by molar-refractivity contribution is 0.384. The minimum atomic E-state index is -5.15. The summed E-state index contributed by atoms with van der Waals surface area (Å²) in [6.07, 6.45) is 0. The average Bonchev–Trinajstić information content (AvgIpc) is 1.96. The van der Waals surface area contributed by atoms with Crippen LogP contribution in [0, 0.1) is 0 Å². The number of rotatable bonds is 6. The van der Waals surface area contributed by atoms with E-state index < -0.39 is 39.5 Å². The quantitative estimate of drug-likeness (QED) is 0.531. The van der Waals surface area contributed by atoms with Gasteiger partial charge in [0, 0.05) is 9.65 Å². The van der Waals surface area contributed by atoms with Crippen LogP contribution in [-0.2, 0) is 9.63 Å². The smallest absolute Gasteiger partial charge is 0.144 e. The van der Waals surface area contributed by atoms with Crippen LogP contribution >= 0.6 is 78.3 Å². The Bertz CT molecular complexity index is 339. The second-order valence-electron chi connectivity index (χ2n) is 4.23. The van der Waals surface area contributed by atoms with Crippen molar-refractivity contribution in [1.82, 2.24) is 0 Å². The summed E-state index contributed by atoms with van der Waals surface area (Å²) in [5.74, 6) is -1.53. The van der Waals surface area contributed by atoms with Gasteiger partial charge in [0.2, 0.25) is 0 Å². The zero-order valence-corrected chi connectivity index (χ0v) is 16.6. The predicted octanol–water partition coefficient (Wildman–Crippen LogP) is 4.67. The highest BCUT2D eigenvalue weighted by Gasteiger charge is 2.49. The Morgan fingerprint density at radius 1 is 1.00 bits per heavy atom. The molecule has 2 N–H and O–H groups in total. The Morgan fingerprint density at radius 3 is 1.39 bits per heavy atom. The average molecular weight is 492 g/mol. The molecular formula is C8H14Br2Cl4O3S. The lowest BCUT2D eigenvalue weighted by Gasteiger charge is -2.40. The minimum absolute atomic E-state index is 0.515. The normalized spacial score (nSPS) is 20.0. The zero-order valence-electron chi connectivity index (χ0n) is 9.55. The Balaban J connectivity index is 5.16. The molecular weight excluding hydrogens is 478 g/mol. The van der Waals surface area contributed by atoms with Crippen LogP contribution in [0.15, 0.2) is 0 Å². The van der Waals surface area contributed by atoms with Gasteiger partial charge >= 0.3 is 0 Å². The summed E-state index contributed by atoms with van der Waals surface area (Å²) in [6.45, 7) is 3.18. The van der Waals surface area contributed by atoms with Crippen LogP contribution in [0.3, 0.4) is 0 Å². The minimum Gasteiger partial charge on any atom is -0.307 e. The van der Waals surface area contributed by atoms with Gasteiger partial charge in [0.25, 0.3) is 0 Å². The highest BCUT2D eigenvalue weighted by molar-refractivity contribution is 9.09. The van der Waals surface area contributed by atoms with E-state index in [-0.39, 0.29) is 0 Å². The van der Waals surface area contributed by atoms with Crippen molar-refractivity contribution < 1.29 is 13.3 Å². The fraction of sp³-hybridized carbons (Fsp3) is 1.00. The third-order valence-corrected chi connectivity index (χ3v) is 9.30. The molecule has 18 heavy (non-hydrogen) atoms. The summed E-state index contributed by atoms with van der Waals surface area (Å²) in [6, 6.07) is 0. The van der Waals surface area contributed by atoms with Crippen LogP contribution in [0.5, 0.6) is 0 Å². The molecule has 0 aromatic heterocycles. The molecule has 0 fully saturated rings. The molecule has 2 atom stereocenters. The Hall–Kier alpha value is 2.19. The number of halogens is 6. The number of hydrogen-bond donors (Lipinski definition) is 2. The predicted molar refractivity (Wildman–Crippen MR) is 88.8 cm³/mol. The standard InChI is InChI=1S/C8H14Br2Cl4O3S/c1-5(9)7(11,12)3-18(15,16,17)4-8(13,14)6(2)10/h5-6H,3-4H2,1-2H3,(H2,15,16,17). The molecule has 10 heteroatoms. The summed E-state index contributed by atoms with van der Waals surface area (Å²) < 4.78 is 28.6. The van der Waals surface area contributed by atoms with Crippen molar-refractivity contribution in [1.29, 1.82) is 0 Å². The molecule has 0 aromatic rings. The molecule has 0 amide bonds. The van der Waals surface area contributed by atoms with E-state index in [9.17, 15) is 13.3 Å². The topological polar surface area (TPSA) is 57.5 Å². The molecule has 0 aliphatic rings. The van der Waals surface area contributed by atoms with E-state index in [0.717, 1.165) is 0 Å². The second kappa shape index (κ2) is 6.13. The van der Waals surface area contributed by atoms with Crippen LogP contribution in [-0.4, -0.2) is 43.1 Å². The maximum absolute atomic E-state index is 12.2. The van der Waals surface area contributed by atoms with Crippen molar-refractivity contribution in [2.45, 2.75) is 32.2 Å². The Labute approximate surface area is 144 Å². The van der Waals surface area contributed by atoms with Gasteiger partial charge in [-0.15, -0.1) is 0 Å². The van der Waals surface area contributed by atoms with Crippen LogP contribution in [0.4, 0.5) is 0 Å². The molecule has 112 valence electrons. The van der Waals surface area contributed by atoms with Crippen molar-refractivity contribution >= 4 is 87.9 Å². The molecule has 0 aromatic carbocycles. The molecule has 0 aliphatic carbocycles. The molecule has 0 rings (SSSR count). The van der Waals surface area contributed by atoms with Gasteiger partial charge in [0.15, 0.2) is 0 Å². The Morgan fingerprint density at radius 2 is 1.22 bits per heavy atom. The van der Waals surface area contributed by atoms with E-state index in [2.05, 4.69) is 31.9 Å². The fourth-order valence-corrected chi connectivity index (χ4v) is 6.59. The summed E-state index contributed by atoms with van der Waals surface area (Å²) in [5, 5.41) is 0. The van der Waals surface area contributed by atoms with Gasteiger partial charge in [-0.2, -0.15) is 0 Å². The van der Waals surface area contributed by atoms with Crippen LogP contribution in [0.2, 0.25) is 0 Å². The first-order valence-corrected chi connectivity index (χ1v) is 10.3. The largest absolute Gasteiger partial charge is 0.307 e. The molecule has 0 heterocycles. The first-order chi connectivity index (χ1) is 7.57. The summed E-state index contributed by atoms with van der Waals surface area (Å²) in [4.78, 5) is -1.03. The van der Waals surface area contributed by atoms with Crippen molar-refractivity contribution in [3.8, 4) is 0 Å². The zero-order chi connectivity index (χ0) is 15.0. The van der Waals surface area contributed by atoms with Gasteiger partial charge < -0.3 is 9.11 Å². The number of hydrogen-bond acceptors (Lipinski definition) is 1. The van der Waals surface area contributed by atoms with Crippen LogP contribution < -0.4 is 0 Å². The monoisotopic (exact) mass is 488 g/mol. The van der Waals surface area contributed by atoms with Gasteiger partial charge in [-0.1, -0.05) is 78.3 Å². The maximum atomic E-state index is 12.2. The highest BCUT2D eigenvalue weighted by Crippen LogP contribution is 2.42. The van der Waals surface area contributed by atoms with Gasteiger partial charge in [0.1, 0.15) is 8.67 Å². The molecule has 0 saturated carbocycles. The summed E-state index contributed by atoms with van der Waals surface area (Å²) in [5.41, 5.74) is 0. The molecule has 0 bridgehead atoms. The summed E-state index contributed by atoms with van der Waals surface area (Å²) in [7, 11) is -5.15. The molecule has 0 spiro atoms. The van der Waals surface area contributed by atoms with Crippen molar-refractivity contribution in [3.63, 3.8) is 0 Å². The molecule has 3 nitrogen and oxygen atoms in total. The van der Waals surface area contributed by atoms with E-state index >= 15 is 0 Å². The Kier molecular flexibility index (Phi) is 6.87. The van der Waals surface area contributed by atoms with E-state index in [0.29, 0.717) is 0 Å². The first kappa shape index (κ1) is 20.2. The fourth-order valence-electron chi connectivity index (χ4n) is 1.05. The maximum Gasteiger partial charge on any atom is 0.144 e.